The highest BCUT2D eigenvalue weighted by Gasteiger charge is 2.51. The summed E-state index contributed by atoms with van der Waals surface area (Å²) in [7, 11) is 0. The van der Waals surface area contributed by atoms with Crippen LogP contribution in [-0.2, 0) is 4.79 Å². The van der Waals surface area contributed by atoms with E-state index in [2.05, 4.69) is 12.2 Å². The Morgan fingerprint density at radius 2 is 2.17 bits per heavy atom. The largest absolute Gasteiger partial charge is 0.464 e. The van der Waals surface area contributed by atoms with Crippen LogP contribution >= 0.6 is 47.2 Å². The Hall–Kier alpha value is -0.0400. The van der Waals surface area contributed by atoms with Crippen molar-refractivity contribution in [3.8, 4) is 0 Å². The predicted octanol–water partition coefficient (Wildman–Crippen LogP) is 1.66. The third-order valence-corrected chi connectivity index (χ3v) is 3.05. The molecule has 0 saturated carbocycles. The zero-order valence-corrected chi connectivity index (χ0v) is 8.43. The highest BCUT2D eigenvalue weighted by molar-refractivity contribution is 8.26. The van der Waals surface area contributed by atoms with E-state index in [1.807, 2.05) is 0 Å². The molecule has 1 N–H and O–H groups in total. The number of halogens is 2. The first kappa shape index (κ1) is 10.0. The lowest BCUT2D eigenvalue weighted by Crippen LogP contribution is -2.37. The first-order valence-corrected chi connectivity index (χ1v) is 4.52. The van der Waals surface area contributed by atoms with E-state index in [1.54, 1.807) is 0 Å². The molecule has 1 aliphatic rings. The molecule has 0 unspecified atom stereocenters. The molecule has 0 aromatic heterocycles. The van der Waals surface area contributed by atoms with Gasteiger partial charge in [-0.2, -0.15) is 4.90 Å². The Balaban J connectivity index is 3.01. The number of thiocarbonyl (C=S) groups is 1. The van der Waals surface area contributed by atoms with Crippen molar-refractivity contribution in [3.63, 3.8) is 0 Å². The summed E-state index contributed by atoms with van der Waals surface area (Å²) in [5.74, 6) is -0.937. The van der Waals surface area contributed by atoms with Gasteiger partial charge in [-0.15, -0.1) is 0 Å². The molecule has 0 aromatic carbocycles. The number of hydrogen-bond donors (Lipinski definition) is 1. The molecule has 8 heteroatoms. The Bertz CT molecular complexity index is 279. The summed E-state index contributed by atoms with van der Waals surface area (Å²) < 4.78 is -1.95. The van der Waals surface area contributed by atoms with Crippen LogP contribution in [-0.4, -0.2) is 30.0 Å². The van der Waals surface area contributed by atoms with Gasteiger partial charge in [-0.1, -0.05) is 35.4 Å². The fourth-order valence-electron chi connectivity index (χ4n) is 0.577. The van der Waals surface area contributed by atoms with Crippen molar-refractivity contribution >= 4 is 63.5 Å². The standard InChI is InChI=1S/C4HCl2NO3S2/c5-4(6)1(8)7(2(9)10)3(11)12-4/h(H,9,10). The number of nitrogens with zero attached hydrogens (tertiary/aromatic N) is 1. The first-order valence-electron chi connectivity index (χ1n) is 2.54. The van der Waals surface area contributed by atoms with Crippen LogP contribution in [0.4, 0.5) is 4.79 Å². The number of imide groups is 1. The summed E-state index contributed by atoms with van der Waals surface area (Å²) in [5, 5.41) is 8.47. The molecule has 1 aliphatic heterocycles. The molecular formula is C4HCl2NO3S2. The SMILES string of the molecule is O=C(O)N1C(=O)C(Cl)(Cl)SC1=S. The van der Waals surface area contributed by atoms with E-state index in [9.17, 15) is 9.59 Å². The average Bonchev–Trinajstić information content (AvgIpc) is 2.02. The molecule has 0 bridgehead atoms. The zero-order valence-electron chi connectivity index (χ0n) is 5.28. The number of hydrogen-bond acceptors (Lipinski definition) is 4. The van der Waals surface area contributed by atoms with Gasteiger partial charge in [0, 0.05) is 0 Å². The van der Waals surface area contributed by atoms with Crippen molar-refractivity contribution in [2.24, 2.45) is 0 Å². The molecule has 1 saturated heterocycles. The second-order valence-electron chi connectivity index (χ2n) is 1.81. The molecule has 1 heterocycles. The van der Waals surface area contributed by atoms with Gasteiger partial charge >= 0.3 is 6.09 Å². The van der Waals surface area contributed by atoms with Crippen molar-refractivity contribution in [2.75, 3.05) is 0 Å². The molecule has 66 valence electrons. The van der Waals surface area contributed by atoms with Gasteiger partial charge in [0.1, 0.15) is 0 Å². The molecule has 4 nitrogen and oxygen atoms in total. The molecule has 0 aliphatic carbocycles. The van der Waals surface area contributed by atoms with E-state index < -0.39 is 15.7 Å². The van der Waals surface area contributed by atoms with Crippen molar-refractivity contribution in [1.29, 1.82) is 0 Å². The maximum absolute atomic E-state index is 11.1. The minimum absolute atomic E-state index is 0.155. The van der Waals surface area contributed by atoms with Gasteiger partial charge in [0.05, 0.1) is 0 Å². The van der Waals surface area contributed by atoms with Gasteiger partial charge in [0.15, 0.2) is 4.32 Å². The van der Waals surface area contributed by atoms with Crippen LogP contribution < -0.4 is 0 Å². The molecular weight excluding hydrogens is 245 g/mol. The minimum Gasteiger partial charge on any atom is -0.464 e. The maximum Gasteiger partial charge on any atom is 0.419 e. The normalized spacial score (nSPS) is 21.7. The van der Waals surface area contributed by atoms with Crippen LogP contribution in [0.25, 0.3) is 0 Å². The van der Waals surface area contributed by atoms with Crippen molar-refractivity contribution < 1.29 is 14.7 Å². The number of rotatable bonds is 0. The second kappa shape index (κ2) is 3.02. The number of thioether (sulfide) groups is 1. The highest BCUT2D eigenvalue weighted by Crippen LogP contribution is 2.44. The van der Waals surface area contributed by atoms with Gasteiger partial charge in [0.2, 0.25) is 3.67 Å². The molecule has 1 fully saturated rings. The van der Waals surface area contributed by atoms with Gasteiger partial charge in [-0.3, -0.25) is 4.79 Å². The lowest BCUT2D eigenvalue weighted by Gasteiger charge is -2.08. The minimum atomic E-state index is -1.80. The van der Waals surface area contributed by atoms with Crippen LogP contribution in [0, 0.1) is 0 Å². The fourth-order valence-corrected chi connectivity index (χ4v) is 2.65. The van der Waals surface area contributed by atoms with E-state index in [4.69, 9.17) is 28.3 Å². The first-order chi connectivity index (χ1) is 5.36. The molecule has 0 spiro atoms. The second-order valence-corrected chi connectivity index (χ2v) is 5.43. The van der Waals surface area contributed by atoms with Crippen molar-refractivity contribution in [1.82, 2.24) is 4.90 Å². The Labute approximate surface area is 86.8 Å². The Morgan fingerprint density at radius 3 is 2.33 bits per heavy atom. The van der Waals surface area contributed by atoms with Gasteiger partial charge < -0.3 is 5.11 Å². The van der Waals surface area contributed by atoms with Crippen molar-refractivity contribution in [3.05, 3.63) is 0 Å². The lowest BCUT2D eigenvalue weighted by atomic mass is 10.6. The summed E-state index contributed by atoms with van der Waals surface area (Å²) in [5.41, 5.74) is 0. The fraction of sp³-hybridized carbons (Fsp3) is 0.250. The molecule has 0 atom stereocenters. The third kappa shape index (κ3) is 1.52. The summed E-state index contributed by atoms with van der Waals surface area (Å²) in [6.07, 6.45) is -1.47. The summed E-state index contributed by atoms with van der Waals surface area (Å²) in [4.78, 5) is 21.8. The molecule has 12 heavy (non-hydrogen) atoms. The van der Waals surface area contributed by atoms with E-state index in [0.717, 1.165) is 0 Å². The van der Waals surface area contributed by atoms with Crippen LogP contribution in [0.2, 0.25) is 0 Å². The monoisotopic (exact) mass is 245 g/mol. The number of alkyl halides is 2. The Kier molecular flexibility index (Phi) is 2.53. The average molecular weight is 246 g/mol. The number of carbonyl (C=O) groups is 2. The van der Waals surface area contributed by atoms with Gasteiger partial charge in [-0.25, -0.2) is 4.79 Å². The van der Waals surface area contributed by atoms with E-state index in [0.29, 0.717) is 16.7 Å². The van der Waals surface area contributed by atoms with Gasteiger partial charge in [0.25, 0.3) is 5.91 Å². The summed E-state index contributed by atoms with van der Waals surface area (Å²) >= 11 is 16.1. The third-order valence-electron chi connectivity index (χ3n) is 1.04. The maximum atomic E-state index is 11.1. The van der Waals surface area contributed by atoms with Gasteiger partial charge in [-0.05, 0) is 11.8 Å². The molecule has 1 rings (SSSR count). The summed E-state index contributed by atoms with van der Waals surface area (Å²) in [6, 6.07) is 0. The van der Waals surface area contributed by atoms with E-state index in [1.165, 1.54) is 0 Å². The van der Waals surface area contributed by atoms with E-state index in [-0.39, 0.29) is 4.32 Å². The lowest BCUT2D eigenvalue weighted by molar-refractivity contribution is -0.124. The summed E-state index contributed by atoms with van der Waals surface area (Å²) in [6.45, 7) is 0. The van der Waals surface area contributed by atoms with Crippen molar-refractivity contribution in [2.45, 2.75) is 3.67 Å². The number of carboxylic acid groups (broad SMARTS) is 1. The number of amides is 2. The predicted molar refractivity (Wildman–Crippen MR) is 49.5 cm³/mol. The molecule has 2 amide bonds. The van der Waals surface area contributed by atoms with Crippen LogP contribution in [0.5, 0.6) is 0 Å². The zero-order chi connectivity index (χ0) is 9.52. The number of carbonyl (C=O) groups excluding carboxylic acids is 1. The molecule has 0 radical (unpaired) electrons. The quantitative estimate of drug-likeness (QED) is 0.520. The molecule has 0 aromatic rings. The van der Waals surface area contributed by atoms with Crippen LogP contribution in [0.3, 0.4) is 0 Å². The highest BCUT2D eigenvalue weighted by atomic mass is 35.5. The van der Waals surface area contributed by atoms with Crippen LogP contribution in [0.15, 0.2) is 0 Å². The Morgan fingerprint density at radius 1 is 1.67 bits per heavy atom. The van der Waals surface area contributed by atoms with E-state index >= 15 is 0 Å². The smallest absolute Gasteiger partial charge is 0.419 e. The van der Waals surface area contributed by atoms with Crippen LogP contribution in [0.1, 0.15) is 0 Å². The topological polar surface area (TPSA) is 57.6 Å².